The Hall–Kier alpha value is -0.880. The topological polar surface area (TPSA) is 409 Å². The van der Waals surface area contributed by atoms with Gasteiger partial charge in [0.2, 0.25) is 0 Å². The second-order valence-corrected chi connectivity index (χ2v) is 15.8. The minimum atomic E-state index is -1.21. The summed E-state index contributed by atoms with van der Waals surface area (Å²) in [6, 6.07) is -3.73. The molecule has 56 heavy (non-hydrogen) atoms. The fourth-order valence-corrected chi connectivity index (χ4v) is 7.77. The van der Waals surface area contributed by atoms with Crippen molar-refractivity contribution in [2.24, 2.45) is 45.9 Å². The van der Waals surface area contributed by atoms with E-state index in [1.54, 1.807) is 0 Å². The van der Waals surface area contributed by atoms with Crippen LogP contribution in [0.2, 0.25) is 0 Å². The lowest BCUT2D eigenvalue weighted by atomic mass is 9.84. The Morgan fingerprint density at radius 3 is 1.25 bits per heavy atom. The van der Waals surface area contributed by atoms with Gasteiger partial charge in [0.1, 0.15) is 36.6 Å². The Morgan fingerprint density at radius 1 is 0.536 bits per heavy atom. The maximum absolute atomic E-state index is 11.1. The first kappa shape index (κ1) is 47.8. The summed E-state index contributed by atoms with van der Waals surface area (Å²) < 4.78 is 35.1. The average molecular weight is 813 g/mol. The highest BCUT2D eigenvalue weighted by atomic mass is 16.7. The highest BCUT2D eigenvalue weighted by Gasteiger charge is 2.48. The molecule has 4 rings (SSSR count). The molecule has 2 heterocycles. The van der Waals surface area contributed by atoms with Crippen molar-refractivity contribution in [2.75, 3.05) is 52.5 Å². The Balaban J connectivity index is 1.06. The number of hydrogen-bond acceptors (Lipinski definition) is 22. The van der Waals surface area contributed by atoms with Gasteiger partial charge in [-0.3, -0.25) is 0 Å². The Labute approximate surface area is 328 Å². The zero-order valence-electron chi connectivity index (χ0n) is 32.2. The van der Waals surface area contributed by atoms with Crippen LogP contribution in [0.4, 0.5) is 0 Å². The van der Waals surface area contributed by atoms with Crippen LogP contribution in [-0.2, 0) is 28.4 Å². The molecule has 0 aromatic rings. The number of unbranched alkanes of at least 4 members (excludes halogenated alkanes) is 1. The molecule has 0 aromatic heterocycles. The second kappa shape index (κ2) is 23.2. The SMILES string of the molecule is NC[C@H]1O[C@H](O[C@@H]2[C@@H](O)[C@H](OC[C@@H](O)CNCCCCNC[C@H](O)CO[C@@H]3[C@@H](O)[C@H](O[C@H]4O[C@H](CN)[C@@H](O)C[C@H]4N)[C@@H](N)C[C@H]3N)[C@@H](N)C[C@H]2N)[C@H](N)C[C@@H]1O. The average Bonchev–Trinajstić information content (AvgIpc) is 3.14. The molecule has 20 atom stereocenters. The van der Waals surface area contributed by atoms with Crippen molar-refractivity contribution in [1.29, 1.82) is 0 Å². The molecule has 0 unspecified atom stereocenters. The van der Waals surface area contributed by atoms with Gasteiger partial charge in [0.25, 0.3) is 0 Å². The first-order valence-corrected chi connectivity index (χ1v) is 19.9. The van der Waals surface area contributed by atoms with Crippen LogP contribution < -0.4 is 56.5 Å². The third kappa shape index (κ3) is 13.3. The first-order chi connectivity index (χ1) is 26.6. The minimum Gasteiger partial charge on any atom is -0.390 e. The molecule has 2 aliphatic heterocycles. The van der Waals surface area contributed by atoms with Gasteiger partial charge in [0.05, 0.1) is 61.9 Å². The maximum atomic E-state index is 11.1. The molecule has 0 aromatic carbocycles. The Morgan fingerprint density at radius 2 is 0.893 bits per heavy atom. The van der Waals surface area contributed by atoms with Crippen LogP contribution in [0.5, 0.6) is 0 Å². The zero-order valence-corrected chi connectivity index (χ0v) is 32.2. The zero-order chi connectivity index (χ0) is 41.1. The molecule has 2 saturated heterocycles. The number of nitrogens with two attached hydrogens (primary N) is 8. The molecule has 0 radical (unpaired) electrons. The number of aliphatic hydroxyl groups is 6. The summed E-state index contributed by atoms with van der Waals surface area (Å²) in [6.45, 7) is 1.72. The van der Waals surface area contributed by atoms with Crippen molar-refractivity contribution in [3.8, 4) is 0 Å². The van der Waals surface area contributed by atoms with Gasteiger partial charge in [0, 0.05) is 50.3 Å². The summed E-state index contributed by atoms with van der Waals surface area (Å²) in [4.78, 5) is 0. The van der Waals surface area contributed by atoms with Crippen LogP contribution in [-0.4, -0.2) is 205 Å². The predicted molar refractivity (Wildman–Crippen MR) is 202 cm³/mol. The molecule has 4 fully saturated rings. The predicted octanol–water partition coefficient (Wildman–Crippen LogP) is -8.43. The van der Waals surface area contributed by atoms with Crippen LogP contribution in [0, 0.1) is 0 Å². The van der Waals surface area contributed by atoms with E-state index >= 15 is 0 Å². The van der Waals surface area contributed by atoms with E-state index in [0.29, 0.717) is 25.9 Å². The fourth-order valence-electron chi connectivity index (χ4n) is 7.77. The normalized spacial score (nSPS) is 43.4. The lowest BCUT2D eigenvalue weighted by molar-refractivity contribution is -0.270. The molecule has 2 saturated carbocycles. The van der Waals surface area contributed by atoms with Gasteiger partial charge in [-0.25, -0.2) is 0 Å². The van der Waals surface area contributed by atoms with Gasteiger partial charge in [-0.15, -0.1) is 0 Å². The van der Waals surface area contributed by atoms with E-state index in [9.17, 15) is 30.6 Å². The third-order valence-corrected chi connectivity index (χ3v) is 11.1. The summed E-state index contributed by atoms with van der Waals surface area (Å²) in [5.41, 5.74) is 48.6. The van der Waals surface area contributed by atoms with Crippen molar-refractivity contribution in [3.05, 3.63) is 0 Å². The number of hydrogen-bond donors (Lipinski definition) is 16. The van der Waals surface area contributed by atoms with E-state index in [1.807, 2.05) is 0 Å². The lowest BCUT2D eigenvalue weighted by Crippen LogP contribution is -2.65. The standard InChI is InChI=1S/C34H72N10O12/c35-9-25-23(47)7-21(41)33(53-25)55-31-19(39)5-17(37)29(27(31)49)51-13-15(45)11-43-3-1-2-4-44-12-16(46)14-52-30-18(38)6-20(40)32(28(30)50)56-34-22(42)8-24(48)26(10-36)54-34/h15-34,43-50H,1-14,35-42H2/t15-,16-,17-,18+,19+,20-,21+,22+,23-,24-,25+,26+,27-,28+,29+,30-,31-,32+,33+,34+/m0/s1. The summed E-state index contributed by atoms with van der Waals surface area (Å²) in [5.74, 6) is 0. The van der Waals surface area contributed by atoms with Crippen molar-refractivity contribution in [2.45, 2.75) is 161 Å². The summed E-state index contributed by atoms with van der Waals surface area (Å²) in [5, 5.41) is 69.8. The van der Waals surface area contributed by atoms with Gasteiger partial charge in [-0.05, 0) is 51.6 Å². The number of nitrogens with one attached hydrogen (secondary N) is 2. The fraction of sp³-hybridized carbons (Fsp3) is 1.00. The molecule has 22 nitrogen and oxygen atoms in total. The molecular weight excluding hydrogens is 740 g/mol. The largest absolute Gasteiger partial charge is 0.390 e. The Bertz CT molecular complexity index is 1040. The van der Waals surface area contributed by atoms with Gasteiger partial charge in [-0.1, -0.05) is 0 Å². The van der Waals surface area contributed by atoms with Gasteiger partial charge < -0.3 is 116 Å². The number of rotatable bonds is 21. The molecule has 0 amide bonds. The Kier molecular flexibility index (Phi) is 19.8. The number of aliphatic hydroxyl groups excluding tert-OH is 6. The van der Waals surface area contributed by atoms with Gasteiger partial charge in [-0.2, -0.15) is 0 Å². The number of ether oxygens (including phenoxy) is 6. The molecular formula is C34H72N10O12. The van der Waals surface area contributed by atoms with Crippen LogP contribution in [0.1, 0.15) is 38.5 Å². The van der Waals surface area contributed by atoms with Gasteiger partial charge in [0.15, 0.2) is 12.6 Å². The molecule has 2 aliphatic carbocycles. The molecule has 330 valence electrons. The molecule has 22 heteroatoms. The van der Waals surface area contributed by atoms with E-state index in [-0.39, 0.29) is 52.2 Å². The monoisotopic (exact) mass is 813 g/mol. The van der Waals surface area contributed by atoms with Crippen LogP contribution in [0.25, 0.3) is 0 Å². The summed E-state index contributed by atoms with van der Waals surface area (Å²) in [7, 11) is 0. The third-order valence-electron chi connectivity index (χ3n) is 11.1. The van der Waals surface area contributed by atoms with Gasteiger partial charge >= 0.3 is 0 Å². The van der Waals surface area contributed by atoms with Crippen LogP contribution >= 0.6 is 0 Å². The molecule has 0 spiro atoms. The first-order valence-electron chi connectivity index (χ1n) is 19.9. The van der Waals surface area contributed by atoms with Crippen molar-refractivity contribution < 1.29 is 59.1 Å². The van der Waals surface area contributed by atoms with Crippen molar-refractivity contribution in [3.63, 3.8) is 0 Å². The van der Waals surface area contributed by atoms with E-state index in [4.69, 9.17) is 74.3 Å². The van der Waals surface area contributed by atoms with Crippen LogP contribution in [0.3, 0.4) is 0 Å². The van der Waals surface area contributed by atoms with Crippen molar-refractivity contribution in [1.82, 2.24) is 10.6 Å². The highest BCUT2D eigenvalue weighted by Crippen LogP contribution is 2.30. The molecule has 24 N–H and O–H groups in total. The summed E-state index contributed by atoms with van der Waals surface area (Å²) in [6.07, 6.45) is -9.89. The van der Waals surface area contributed by atoms with E-state index in [2.05, 4.69) is 10.6 Å². The quantitative estimate of drug-likeness (QED) is 0.0478. The molecule has 4 aliphatic rings. The molecule has 0 bridgehead atoms. The smallest absolute Gasteiger partial charge is 0.173 e. The second-order valence-electron chi connectivity index (χ2n) is 15.8. The maximum Gasteiger partial charge on any atom is 0.173 e. The van der Waals surface area contributed by atoms with E-state index < -0.39 is 122 Å². The van der Waals surface area contributed by atoms with E-state index in [0.717, 1.165) is 12.8 Å². The lowest BCUT2D eigenvalue weighted by Gasteiger charge is -2.45. The van der Waals surface area contributed by atoms with Crippen molar-refractivity contribution >= 4 is 0 Å². The minimum absolute atomic E-state index is 0.0754. The summed E-state index contributed by atoms with van der Waals surface area (Å²) >= 11 is 0. The highest BCUT2D eigenvalue weighted by molar-refractivity contribution is 5.01. The van der Waals surface area contributed by atoms with E-state index in [1.165, 1.54) is 0 Å². The van der Waals surface area contributed by atoms with Crippen LogP contribution in [0.15, 0.2) is 0 Å².